The van der Waals surface area contributed by atoms with Crippen LogP contribution in [0.3, 0.4) is 0 Å². The average Bonchev–Trinajstić information content (AvgIpc) is 2.69. The van der Waals surface area contributed by atoms with Crippen molar-refractivity contribution in [2.45, 2.75) is 64.5 Å². The fraction of sp³-hybridized carbons (Fsp3) is 0.636. The summed E-state index contributed by atoms with van der Waals surface area (Å²) in [5.74, 6) is -0.237. The largest absolute Gasteiger partial charge is 0.348 e. The van der Waals surface area contributed by atoms with Crippen molar-refractivity contribution in [2.75, 3.05) is 19.6 Å². The third-order valence-electron chi connectivity index (χ3n) is 5.49. The van der Waals surface area contributed by atoms with Gasteiger partial charge in [0.2, 0.25) is 11.8 Å². The molecule has 6 nitrogen and oxygen atoms in total. The topological polar surface area (TPSA) is 101 Å². The van der Waals surface area contributed by atoms with Crippen LogP contribution in [-0.4, -0.2) is 42.4 Å². The molecule has 0 aliphatic heterocycles. The zero-order valence-corrected chi connectivity index (χ0v) is 17.3. The molecule has 0 aromatic heterocycles. The van der Waals surface area contributed by atoms with Gasteiger partial charge in [-0.1, -0.05) is 44.5 Å². The summed E-state index contributed by atoms with van der Waals surface area (Å²) in [6.45, 7) is 5.08. The van der Waals surface area contributed by atoms with Crippen LogP contribution in [0.15, 0.2) is 24.3 Å². The van der Waals surface area contributed by atoms with Crippen molar-refractivity contribution in [3.05, 3.63) is 35.4 Å². The van der Waals surface area contributed by atoms with Gasteiger partial charge >= 0.3 is 0 Å². The van der Waals surface area contributed by atoms with E-state index in [0.717, 1.165) is 38.5 Å². The number of hydrogen-bond donors (Lipinski definition) is 3. The number of rotatable bonds is 10. The minimum absolute atomic E-state index is 0.0189. The van der Waals surface area contributed by atoms with E-state index in [0.29, 0.717) is 13.1 Å². The Labute approximate surface area is 169 Å². The highest BCUT2D eigenvalue weighted by Crippen LogP contribution is 2.29. The highest BCUT2D eigenvalue weighted by molar-refractivity contribution is 5.87. The number of benzene rings is 1. The third kappa shape index (κ3) is 6.31. The van der Waals surface area contributed by atoms with Crippen molar-refractivity contribution >= 4 is 11.8 Å². The summed E-state index contributed by atoms with van der Waals surface area (Å²) < 4.78 is 0. The molecule has 0 fully saturated rings. The van der Waals surface area contributed by atoms with E-state index in [1.807, 2.05) is 26.0 Å². The van der Waals surface area contributed by atoms with Crippen LogP contribution in [0.25, 0.3) is 0 Å². The summed E-state index contributed by atoms with van der Waals surface area (Å²) in [5.41, 5.74) is 14.1. The summed E-state index contributed by atoms with van der Waals surface area (Å²) in [6.07, 6.45) is 5.73. The fourth-order valence-corrected chi connectivity index (χ4v) is 3.70. The van der Waals surface area contributed by atoms with Gasteiger partial charge in [-0.15, -0.1) is 0 Å². The minimum Gasteiger partial charge on any atom is -0.348 e. The Morgan fingerprint density at radius 3 is 2.68 bits per heavy atom. The van der Waals surface area contributed by atoms with Crippen molar-refractivity contribution in [1.82, 2.24) is 10.2 Å². The molecule has 0 saturated carbocycles. The molecule has 2 amide bonds. The summed E-state index contributed by atoms with van der Waals surface area (Å²) >= 11 is 0. The van der Waals surface area contributed by atoms with Crippen LogP contribution >= 0.6 is 0 Å². The van der Waals surface area contributed by atoms with E-state index in [-0.39, 0.29) is 30.3 Å². The van der Waals surface area contributed by atoms with Crippen LogP contribution in [0.1, 0.15) is 63.1 Å². The highest BCUT2D eigenvalue weighted by Gasteiger charge is 2.27. The Balaban J connectivity index is 2.00. The molecule has 1 aromatic rings. The van der Waals surface area contributed by atoms with Gasteiger partial charge in [0.05, 0.1) is 18.6 Å². The Kier molecular flexibility index (Phi) is 8.93. The number of carbonyl (C=O) groups is 2. The molecule has 0 spiro atoms. The molecule has 5 N–H and O–H groups in total. The monoisotopic (exact) mass is 388 g/mol. The first-order valence-corrected chi connectivity index (χ1v) is 10.6. The van der Waals surface area contributed by atoms with Gasteiger partial charge in [-0.3, -0.25) is 9.59 Å². The van der Waals surface area contributed by atoms with E-state index in [2.05, 4.69) is 17.4 Å². The maximum Gasteiger partial charge on any atom is 0.240 e. The number of fused-ring (bicyclic) bond motifs is 1. The van der Waals surface area contributed by atoms with E-state index in [1.165, 1.54) is 11.1 Å². The number of hydrogen-bond acceptors (Lipinski definition) is 4. The van der Waals surface area contributed by atoms with Crippen molar-refractivity contribution in [3.8, 4) is 0 Å². The molecular weight excluding hydrogens is 352 g/mol. The number of carbonyl (C=O) groups excluding carboxylic acids is 2. The zero-order chi connectivity index (χ0) is 20.5. The van der Waals surface area contributed by atoms with Gasteiger partial charge in [0.25, 0.3) is 0 Å². The molecule has 1 aromatic carbocycles. The lowest BCUT2D eigenvalue weighted by Gasteiger charge is -2.30. The SMILES string of the molecule is CC(C)[C@H](N)C(=O)N(CCCCCN)CC(=O)NC1CCCc2ccccc21. The Hall–Kier alpha value is -1.92. The number of nitrogens with zero attached hydrogens (tertiary/aromatic N) is 1. The standard InChI is InChI=1S/C22H36N4O2/c1-16(2)21(24)22(28)26(14-7-3-6-13-23)15-20(27)25-19-12-8-10-17-9-4-5-11-18(17)19/h4-5,9,11,16,19,21H,3,6-8,10,12-15,23-24H2,1-2H3,(H,25,27)/t19?,21-/m0/s1. The maximum absolute atomic E-state index is 12.8. The Morgan fingerprint density at radius 1 is 1.21 bits per heavy atom. The molecule has 1 unspecified atom stereocenters. The van der Waals surface area contributed by atoms with Crippen LogP contribution in [0.5, 0.6) is 0 Å². The minimum atomic E-state index is -0.585. The first kappa shape index (κ1) is 22.4. The quantitative estimate of drug-likeness (QED) is 0.534. The summed E-state index contributed by atoms with van der Waals surface area (Å²) in [7, 11) is 0. The van der Waals surface area contributed by atoms with Gasteiger partial charge in [0.1, 0.15) is 0 Å². The van der Waals surface area contributed by atoms with Gasteiger partial charge in [0, 0.05) is 6.54 Å². The zero-order valence-electron chi connectivity index (χ0n) is 17.3. The van der Waals surface area contributed by atoms with Crippen LogP contribution in [0.4, 0.5) is 0 Å². The van der Waals surface area contributed by atoms with Gasteiger partial charge in [-0.2, -0.15) is 0 Å². The molecule has 0 bridgehead atoms. The predicted molar refractivity (Wildman–Crippen MR) is 113 cm³/mol. The first-order chi connectivity index (χ1) is 13.4. The van der Waals surface area contributed by atoms with Gasteiger partial charge in [-0.05, 0) is 55.7 Å². The molecule has 6 heteroatoms. The molecule has 28 heavy (non-hydrogen) atoms. The number of unbranched alkanes of at least 4 members (excludes halogenated alkanes) is 2. The van der Waals surface area contributed by atoms with Crippen LogP contribution in [0.2, 0.25) is 0 Å². The molecule has 0 heterocycles. The summed E-state index contributed by atoms with van der Waals surface area (Å²) in [5, 5.41) is 3.14. The Bertz CT molecular complexity index is 647. The Morgan fingerprint density at radius 2 is 1.96 bits per heavy atom. The van der Waals surface area contributed by atoms with E-state index in [9.17, 15) is 9.59 Å². The van der Waals surface area contributed by atoms with E-state index in [4.69, 9.17) is 11.5 Å². The van der Waals surface area contributed by atoms with Crippen molar-refractivity contribution in [3.63, 3.8) is 0 Å². The van der Waals surface area contributed by atoms with E-state index in [1.54, 1.807) is 4.90 Å². The van der Waals surface area contributed by atoms with E-state index >= 15 is 0 Å². The van der Waals surface area contributed by atoms with Gasteiger partial charge in [-0.25, -0.2) is 0 Å². The molecule has 0 radical (unpaired) electrons. The highest BCUT2D eigenvalue weighted by atomic mass is 16.2. The molecular formula is C22H36N4O2. The van der Waals surface area contributed by atoms with Gasteiger partial charge < -0.3 is 21.7 Å². The fourth-order valence-electron chi connectivity index (χ4n) is 3.70. The lowest BCUT2D eigenvalue weighted by atomic mass is 9.88. The molecule has 2 rings (SSSR count). The van der Waals surface area contributed by atoms with Crippen LogP contribution in [-0.2, 0) is 16.0 Å². The molecule has 1 aliphatic carbocycles. The smallest absolute Gasteiger partial charge is 0.240 e. The van der Waals surface area contributed by atoms with Crippen LogP contribution < -0.4 is 16.8 Å². The van der Waals surface area contributed by atoms with E-state index < -0.39 is 6.04 Å². The van der Waals surface area contributed by atoms with Crippen molar-refractivity contribution in [2.24, 2.45) is 17.4 Å². The number of nitrogens with two attached hydrogens (primary N) is 2. The molecule has 2 atom stereocenters. The van der Waals surface area contributed by atoms with Crippen molar-refractivity contribution < 1.29 is 9.59 Å². The normalized spacial score (nSPS) is 17.1. The van der Waals surface area contributed by atoms with Crippen molar-refractivity contribution in [1.29, 1.82) is 0 Å². The molecule has 1 aliphatic rings. The summed E-state index contributed by atoms with van der Waals surface area (Å²) in [4.78, 5) is 27.1. The van der Waals surface area contributed by atoms with Crippen LogP contribution in [0, 0.1) is 5.92 Å². The second-order valence-corrected chi connectivity index (χ2v) is 8.09. The number of amides is 2. The summed E-state index contributed by atoms with van der Waals surface area (Å²) in [6, 6.07) is 7.70. The lowest BCUT2D eigenvalue weighted by Crippen LogP contribution is -2.50. The second-order valence-electron chi connectivity index (χ2n) is 8.09. The molecule has 0 saturated heterocycles. The maximum atomic E-state index is 12.8. The molecule has 156 valence electrons. The average molecular weight is 389 g/mol. The number of nitrogens with one attached hydrogen (secondary N) is 1. The second kappa shape index (κ2) is 11.2. The predicted octanol–water partition coefficient (Wildman–Crippen LogP) is 2.12. The number of aryl methyl sites for hydroxylation is 1. The first-order valence-electron chi connectivity index (χ1n) is 10.6. The van der Waals surface area contributed by atoms with Gasteiger partial charge in [0.15, 0.2) is 0 Å². The third-order valence-corrected chi connectivity index (χ3v) is 5.49. The lowest BCUT2D eigenvalue weighted by molar-refractivity contribution is -0.138.